The molecule has 1 atom stereocenters. The van der Waals surface area contributed by atoms with Crippen molar-refractivity contribution in [1.82, 2.24) is 14.9 Å². The van der Waals surface area contributed by atoms with E-state index < -0.39 is 0 Å². The lowest BCUT2D eigenvalue weighted by Crippen LogP contribution is -2.27. The smallest absolute Gasteiger partial charge is 0.126 e. The molecule has 1 unspecified atom stereocenters. The molecule has 0 saturated carbocycles. The van der Waals surface area contributed by atoms with Gasteiger partial charge in [0.1, 0.15) is 5.82 Å². The molecule has 1 heterocycles. The summed E-state index contributed by atoms with van der Waals surface area (Å²) >= 11 is 6.28. The zero-order valence-electron chi connectivity index (χ0n) is 12.1. The number of aromatic nitrogens is 2. The van der Waals surface area contributed by atoms with Gasteiger partial charge >= 0.3 is 0 Å². The van der Waals surface area contributed by atoms with Crippen molar-refractivity contribution in [3.63, 3.8) is 0 Å². The van der Waals surface area contributed by atoms with Crippen LogP contribution in [0.25, 0.3) is 0 Å². The van der Waals surface area contributed by atoms with Crippen LogP contribution in [0.15, 0.2) is 36.7 Å². The minimum absolute atomic E-state index is 0.199. The first kappa shape index (κ1) is 15.1. The van der Waals surface area contributed by atoms with Crippen LogP contribution in [0.3, 0.4) is 0 Å². The van der Waals surface area contributed by atoms with Crippen LogP contribution < -0.4 is 5.32 Å². The molecule has 0 bridgehead atoms. The molecule has 0 spiro atoms. The van der Waals surface area contributed by atoms with E-state index in [1.807, 2.05) is 30.6 Å². The van der Waals surface area contributed by atoms with Gasteiger partial charge in [0.25, 0.3) is 0 Å². The van der Waals surface area contributed by atoms with Gasteiger partial charge in [-0.05, 0) is 37.9 Å². The molecule has 0 aliphatic rings. The molecule has 4 heteroatoms. The number of benzene rings is 1. The molecule has 2 rings (SSSR count). The molecule has 0 saturated heterocycles. The number of aryl methyl sites for hydroxylation is 1. The normalized spacial score (nSPS) is 12.6. The molecular formula is C16H22ClN3. The van der Waals surface area contributed by atoms with Gasteiger partial charge in [-0.2, -0.15) is 0 Å². The van der Waals surface area contributed by atoms with Gasteiger partial charge in [-0.1, -0.05) is 36.7 Å². The number of rotatable bonds is 7. The molecule has 0 amide bonds. The minimum Gasteiger partial charge on any atom is -0.334 e. The predicted octanol–water partition coefficient (Wildman–Crippen LogP) is 3.84. The van der Waals surface area contributed by atoms with Crippen LogP contribution in [0.1, 0.15) is 37.7 Å². The molecule has 1 aromatic heterocycles. The van der Waals surface area contributed by atoms with Gasteiger partial charge in [0.2, 0.25) is 0 Å². The Morgan fingerprint density at radius 1 is 1.30 bits per heavy atom. The van der Waals surface area contributed by atoms with E-state index in [0.29, 0.717) is 0 Å². The van der Waals surface area contributed by atoms with Crippen molar-refractivity contribution in [2.24, 2.45) is 0 Å². The van der Waals surface area contributed by atoms with E-state index in [-0.39, 0.29) is 6.04 Å². The van der Waals surface area contributed by atoms with Gasteiger partial charge < -0.3 is 9.88 Å². The maximum atomic E-state index is 6.28. The topological polar surface area (TPSA) is 29.9 Å². The standard InChI is InChI=1S/C16H22ClN3/c1-3-9-18-15(16-19-10-11-20(16)4-2)12-13-7-5-6-8-14(13)17/h5-8,10-11,15,18H,3-4,9,12H2,1-2H3. The summed E-state index contributed by atoms with van der Waals surface area (Å²) in [7, 11) is 0. The summed E-state index contributed by atoms with van der Waals surface area (Å²) in [5, 5.41) is 4.40. The maximum absolute atomic E-state index is 6.28. The van der Waals surface area contributed by atoms with Crippen LogP contribution in [0.4, 0.5) is 0 Å². The fraction of sp³-hybridized carbons (Fsp3) is 0.438. The van der Waals surface area contributed by atoms with Gasteiger partial charge in [0.15, 0.2) is 0 Å². The average molecular weight is 292 g/mol. The second-order valence-corrected chi connectivity index (χ2v) is 5.28. The Morgan fingerprint density at radius 3 is 2.80 bits per heavy atom. The fourth-order valence-corrected chi connectivity index (χ4v) is 2.57. The second-order valence-electron chi connectivity index (χ2n) is 4.87. The second kappa shape index (κ2) is 7.46. The van der Waals surface area contributed by atoms with E-state index in [2.05, 4.69) is 34.8 Å². The lowest BCUT2D eigenvalue weighted by Gasteiger charge is -2.20. The molecule has 1 N–H and O–H groups in total. The zero-order chi connectivity index (χ0) is 14.4. The minimum atomic E-state index is 0.199. The van der Waals surface area contributed by atoms with E-state index in [4.69, 9.17) is 11.6 Å². The highest BCUT2D eigenvalue weighted by molar-refractivity contribution is 6.31. The summed E-state index contributed by atoms with van der Waals surface area (Å²) in [6, 6.07) is 8.23. The van der Waals surface area contributed by atoms with E-state index in [1.54, 1.807) is 0 Å². The lowest BCUT2D eigenvalue weighted by atomic mass is 10.0. The van der Waals surface area contributed by atoms with Crippen LogP contribution in [0.2, 0.25) is 5.02 Å². The van der Waals surface area contributed by atoms with Crippen molar-refractivity contribution < 1.29 is 0 Å². The van der Waals surface area contributed by atoms with Gasteiger partial charge in [-0.25, -0.2) is 4.98 Å². The molecule has 1 aromatic carbocycles. The van der Waals surface area contributed by atoms with Crippen molar-refractivity contribution in [3.8, 4) is 0 Å². The van der Waals surface area contributed by atoms with Crippen molar-refractivity contribution in [3.05, 3.63) is 53.1 Å². The number of hydrogen-bond donors (Lipinski definition) is 1. The highest BCUT2D eigenvalue weighted by atomic mass is 35.5. The van der Waals surface area contributed by atoms with Crippen molar-refractivity contribution >= 4 is 11.6 Å². The Morgan fingerprint density at radius 2 is 2.10 bits per heavy atom. The first-order valence-electron chi connectivity index (χ1n) is 7.24. The molecular weight excluding hydrogens is 270 g/mol. The quantitative estimate of drug-likeness (QED) is 0.840. The third-order valence-electron chi connectivity index (χ3n) is 3.42. The highest BCUT2D eigenvalue weighted by Crippen LogP contribution is 2.22. The third kappa shape index (κ3) is 3.62. The van der Waals surface area contributed by atoms with Crippen LogP contribution >= 0.6 is 11.6 Å². The van der Waals surface area contributed by atoms with E-state index in [0.717, 1.165) is 42.3 Å². The molecule has 20 heavy (non-hydrogen) atoms. The molecule has 108 valence electrons. The van der Waals surface area contributed by atoms with Gasteiger partial charge in [-0.15, -0.1) is 0 Å². The van der Waals surface area contributed by atoms with Gasteiger partial charge in [-0.3, -0.25) is 0 Å². The SMILES string of the molecule is CCCNC(Cc1ccccc1Cl)c1nccn1CC. The summed E-state index contributed by atoms with van der Waals surface area (Å²) < 4.78 is 2.18. The van der Waals surface area contributed by atoms with E-state index in [1.165, 1.54) is 0 Å². The molecule has 2 aromatic rings. The number of imidazole rings is 1. The van der Waals surface area contributed by atoms with E-state index in [9.17, 15) is 0 Å². The van der Waals surface area contributed by atoms with Crippen molar-refractivity contribution in [2.75, 3.05) is 6.54 Å². The first-order valence-corrected chi connectivity index (χ1v) is 7.61. The zero-order valence-corrected chi connectivity index (χ0v) is 12.9. The molecule has 0 fully saturated rings. The van der Waals surface area contributed by atoms with E-state index >= 15 is 0 Å². The largest absolute Gasteiger partial charge is 0.334 e. The number of hydrogen-bond acceptors (Lipinski definition) is 2. The molecule has 0 radical (unpaired) electrons. The number of nitrogens with one attached hydrogen (secondary N) is 1. The maximum Gasteiger partial charge on any atom is 0.126 e. The number of halogens is 1. The number of nitrogens with zero attached hydrogens (tertiary/aromatic N) is 2. The van der Waals surface area contributed by atoms with Gasteiger partial charge in [0, 0.05) is 24.0 Å². The van der Waals surface area contributed by atoms with Crippen LogP contribution in [0, 0.1) is 0 Å². The third-order valence-corrected chi connectivity index (χ3v) is 3.79. The summed E-state index contributed by atoms with van der Waals surface area (Å²) in [5.41, 5.74) is 1.16. The average Bonchev–Trinajstić information content (AvgIpc) is 2.93. The molecule has 0 aliphatic carbocycles. The molecule has 3 nitrogen and oxygen atoms in total. The summed E-state index contributed by atoms with van der Waals surface area (Å²) in [6.45, 7) is 6.22. The predicted molar refractivity (Wildman–Crippen MR) is 84.1 cm³/mol. The summed E-state index contributed by atoms with van der Waals surface area (Å²) in [4.78, 5) is 4.52. The monoisotopic (exact) mass is 291 g/mol. The van der Waals surface area contributed by atoms with Crippen molar-refractivity contribution in [1.29, 1.82) is 0 Å². The Kier molecular flexibility index (Phi) is 5.62. The van der Waals surface area contributed by atoms with Gasteiger partial charge in [0.05, 0.1) is 6.04 Å². The summed E-state index contributed by atoms with van der Waals surface area (Å²) in [6.07, 6.45) is 5.86. The van der Waals surface area contributed by atoms with Crippen LogP contribution in [0.5, 0.6) is 0 Å². The van der Waals surface area contributed by atoms with Crippen molar-refractivity contribution in [2.45, 2.75) is 39.3 Å². The van der Waals surface area contributed by atoms with Crippen LogP contribution in [-0.2, 0) is 13.0 Å². The lowest BCUT2D eigenvalue weighted by molar-refractivity contribution is 0.482. The highest BCUT2D eigenvalue weighted by Gasteiger charge is 2.17. The Labute approximate surface area is 126 Å². The molecule has 0 aliphatic heterocycles. The fourth-order valence-electron chi connectivity index (χ4n) is 2.36. The summed E-state index contributed by atoms with van der Waals surface area (Å²) in [5.74, 6) is 1.08. The first-order chi connectivity index (χ1) is 9.76. The Bertz CT molecular complexity index is 536. The Balaban J connectivity index is 2.22. The van der Waals surface area contributed by atoms with Crippen LogP contribution in [-0.4, -0.2) is 16.1 Å². The Hall–Kier alpha value is -1.32.